The average molecular weight is 216 g/mol. The lowest BCUT2D eigenvalue weighted by Gasteiger charge is -1.00. The third kappa shape index (κ3) is 213. The van der Waals surface area contributed by atoms with Crippen LogP contribution in [0.15, 0.2) is 0 Å². The molecule has 0 unspecified atom stereocenters. The van der Waals surface area contributed by atoms with Crippen molar-refractivity contribution < 1.29 is 18.8 Å². The molecule has 8 heavy (non-hydrogen) atoms. The van der Waals surface area contributed by atoms with E-state index in [-0.39, 0.29) is 72.8 Å². The van der Waals surface area contributed by atoms with Crippen molar-refractivity contribution in [2.75, 3.05) is 0 Å². The van der Waals surface area contributed by atoms with Gasteiger partial charge in [-0.15, -0.1) is 0 Å². The molecule has 8 heteroatoms. The third-order valence-electron chi connectivity index (χ3n) is 0. The highest BCUT2D eigenvalue weighted by Crippen LogP contribution is 0.000605. The van der Waals surface area contributed by atoms with Gasteiger partial charge in [0.2, 0.25) is 0 Å². The molecule has 0 nitrogen and oxygen atoms in total. The fourth-order valence-electron chi connectivity index (χ4n) is 0. The SMILES string of the molecule is [F-].[F-].[F-].[F-].[SH3+].[SH3+].[SH3+].[SH3+]. The molecule has 64 valence electrons. The van der Waals surface area contributed by atoms with Crippen LogP contribution in [-0.2, 0) is 54.0 Å². The first kappa shape index (κ1) is 479. The number of rotatable bonds is 0. The lowest BCUT2D eigenvalue weighted by atomic mass is 19.0. The molecule has 0 radical (unpaired) electrons. The fraction of sp³-hybridized carbons (Fsp3) is 0. The summed E-state index contributed by atoms with van der Waals surface area (Å²) < 4.78 is 0. The summed E-state index contributed by atoms with van der Waals surface area (Å²) in [6.07, 6.45) is 0. The Balaban J connectivity index is 0. The van der Waals surface area contributed by atoms with Crippen molar-refractivity contribution in [3.8, 4) is 0 Å². The predicted molar refractivity (Wildman–Crippen MR) is 46.2 cm³/mol. The van der Waals surface area contributed by atoms with Crippen LogP contribution in [0.2, 0.25) is 0 Å². The molecule has 0 aromatic rings. The Bertz CT molecular complexity index is 8.00. The molecule has 0 atom stereocenters. The van der Waals surface area contributed by atoms with Crippen LogP contribution in [0.3, 0.4) is 0 Å². The fourth-order valence-corrected chi connectivity index (χ4v) is 0. The van der Waals surface area contributed by atoms with Crippen molar-refractivity contribution in [3.05, 3.63) is 0 Å². The van der Waals surface area contributed by atoms with E-state index < -0.39 is 0 Å². The van der Waals surface area contributed by atoms with E-state index in [0.717, 1.165) is 0 Å². The van der Waals surface area contributed by atoms with E-state index in [1.165, 1.54) is 0 Å². The minimum absolute atomic E-state index is 0. The van der Waals surface area contributed by atoms with E-state index in [0.29, 0.717) is 0 Å². The van der Waals surface area contributed by atoms with Gasteiger partial charge >= 0.3 is 0 Å². The summed E-state index contributed by atoms with van der Waals surface area (Å²) in [4.78, 5) is 0. The van der Waals surface area contributed by atoms with Crippen molar-refractivity contribution >= 4 is 54.0 Å². The Morgan fingerprint density at radius 3 is 0.250 bits per heavy atom. The molecule has 0 rings (SSSR count). The van der Waals surface area contributed by atoms with Crippen LogP contribution in [0.5, 0.6) is 0 Å². The molecule has 0 spiro atoms. The van der Waals surface area contributed by atoms with Crippen molar-refractivity contribution in [2.24, 2.45) is 0 Å². The van der Waals surface area contributed by atoms with Crippen LogP contribution < -0.4 is 18.8 Å². The Morgan fingerprint density at radius 2 is 0.250 bits per heavy atom. The zero-order valence-corrected chi connectivity index (χ0v) is 8.44. The highest BCUT2D eigenvalue weighted by Gasteiger charge is -0.0546. The van der Waals surface area contributed by atoms with Gasteiger partial charge in [-0.25, -0.2) is 0 Å². The summed E-state index contributed by atoms with van der Waals surface area (Å²) in [5.41, 5.74) is 0. The van der Waals surface area contributed by atoms with E-state index in [1.54, 1.807) is 0 Å². The van der Waals surface area contributed by atoms with Gasteiger partial charge in [-0.1, -0.05) is 54.0 Å². The minimum atomic E-state index is 0. The first-order valence-electron chi connectivity index (χ1n) is 0. The van der Waals surface area contributed by atoms with Gasteiger partial charge in [0.25, 0.3) is 0 Å². The molecule has 0 N–H and O–H groups in total. The second-order valence-corrected chi connectivity index (χ2v) is 0. The predicted octanol–water partition coefficient (Wildman–Crippen LogP) is -15.2. The summed E-state index contributed by atoms with van der Waals surface area (Å²) in [7, 11) is 0. The van der Waals surface area contributed by atoms with Gasteiger partial charge in [0.1, 0.15) is 0 Å². The zero-order chi connectivity index (χ0) is 0. The standard InChI is InChI=1S/4FH.4H2S/h4*1H;4*1H2. The van der Waals surface area contributed by atoms with Crippen molar-refractivity contribution in [1.29, 1.82) is 0 Å². The Kier molecular flexibility index (Phi) is 19700. The molecule has 0 saturated heterocycles. The maximum atomic E-state index is 0. The molecule has 0 aliphatic heterocycles. The minimum Gasteiger partial charge on any atom is -1.00 e. The molecular formula is H12F4S4. The molecule has 0 aliphatic carbocycles. The molecule has 0 fully saturated rings. The maximum absolute atomic E-state index is 0. The summed E-state index contributed by atoms with van der Waals surface area (Å²) >= 11 is 0. The van der Waals surface area contributed by atoms with E-state index in [1.807, 2.05) is 0 Å². The first-order valence-corrected chi connectivity index (χ1v) is 0. The lowest BCUT2D eigenvalue weighted by molar-refractivity contribution is -0.00100. The van der Waals surface area contributed by atoms with E-state index >= 15 is 0 Å². The Morgan fingerprint density at radius 1 is 0.250 bits per heavy atom. The summed E-state index contributed by atoms with van der Waals surface area (Å²) in [5.74, 6) is 0. The van der Waals surface area contributed by atoms with Crippen molar-refractivity contribution in [2.45, 2.75) is 0 Å². The topological polar surface area (TPSA) is 0 Å². The van der Waals surface area contributed by atoms with E-state index in [2.05, 4.69) is 0 Å². The van der Waals surface area contributed by atoms with Crippen LogP contribution >= 0.6 is 0 Å². The monoisotopic (exact) mass is 216 g/mol. The summed E-state index contributed by atoms with van der Waals surface area (Å²) in [5, 5.41) is 0. The molecule has 0 saturated carbocycles. The molecule has 0 heterocycles. The van der Waals surface area contributed by atoms with Gasteiger partial charge in [0.05, 0.1) is 0 Å². The van der Waals surface area contributed by atoms with Crippen molar-refractivity contribution in [3.63, 3.8) is 0 Å². The maximum Gasteiger partial charge on any atom is -0.0576 e. The first-order chi connectivity index (χ1) is 0. The van der Waals surface area contributed by atoms with Crippen LogP contribution in [0.25, 0.3) is 0 Å². The van der Waals surface area contributed by atoms with Gasteiger partial charge in [0, 0.05) is 0 Å². The molecule has 0 aromatic heterocycles. The third-order valence-corrected chi connectivity index (χ3v) is 0. The summed E-state index contributed by atoms with van der Waals surface area (Å²) in [6.45, 7) is 0. The van der Waals surface area contributed by atoms with E-state index in [4.69, 9.17) is 0 Å². The molecule has 0 bridgehead atoms. The number of hydrogen-bond acceptors (Lipinski definition) is 0. The quantitative estimate of drug-likeness (QED) is 0.279. The number of halogens is 4. The van der Waals surface area contributed by atoms with Gasteiger partial charge < -0.3 is 18.8 Å². The second-order valence-electron chi connectivity index (χ2n) is 0. The number of hydrogen-bond donors (Lipinski definition) is 0. The summed E-state index contributed by atoms with van der Waals surface area (Å²) in [6, 6.07) is 0. The second kappa shape index (κ2) is 328. The normalized spacial score (nSPS) is 0. The largest absolute Gasteiger partial charge is 1.00 e. The molecular weight excluding hydrogens is 204 g/mol. The Hall–Kier alpha value is 1.12. The molecule has 0 aromatic carbocycles. The van der Waals surface area contributed by atoms with Gasteiger partial charge in [-0.3, -0.25) is 0 Å². The van der Waals surface area contributed by atoms with Gasteiger partial charge in [0.15, 0.2) is 0 Å². The average Bonchev–Trinajstić information content (AvgIpc) is 0. The lowest BCUT2D eigenvalue weighted by Crippen LogP contribution is -3.00. The van der Waals surface area contributed by atoms with Gasteiger partial charge in [-0.05, 0) is 0 Å². The highest BCUT2D eigenvalue weighted by molar-refractivity contribution is 7.37. The van der Waals surface area contributed by atoms with Crippen molar-refractivity contribution in [1.82, 2.24) is 0 Å². The zero-order valence-electron chi connectivity index (χ0n) is 3.82. The van der Waals surface area contributed by atoms with Crippen LogP contribution in [0.1, 0.15) is 0 Å². The molecule has 0 aliphatic rings. The van der Waals surface area contributed by atoms with Crippen LogP contribution in [0.4, 0.5) is 0 Å². The Labute approximate surface area is 73.1 Å². The molecule has 0 amide bonds. The van der Waals surface area contributed by atoms with Crippen LogP contribution in [0, 0.1) is 0 Å². The highest BCUT2D eigenvalue weighted by atomic mass is 32.1. The van der Waals surface area contributed by atoms with Gasteiger partial charge in [-0.2, -0.15) is 0 Å². The van der Waals surface area contributed by atoms with E-state index in [9.17, 15) is 0 Å². The smallest absolute Gasteiger partial charge is 0.0576 e. The van der Waals surface area contributed by atoms with Crippen LogP contribution in [-0.4, -0.2) is 0 Å².